The average molecular weight is 856 g/mol. The van der Waals surface area contributed by atoms with Gasteiger partial charge in [-0.05, 0) is 129 Å². The van der Waals surface area contributed by atoms with E-state index < -0.39 is 104 Å². The number of nitrogens with one attached hydrogen (secondary N) is 6. The first-order valence-corrected chi connectivity index (χ1v) is 20.4. The lowest BCUT2D eigenvalue weighted by Gasteiger charge is -2.38. The molecule has 1 aromatic rings. The molecule has 18 nitrogen and oxygen atoms in total. The summed E-state index contributed by atoms with van der Waals surface area (Å²) in [4.78, 5) is 132. The van der Waals surface area contributed by atoms with E-state index in [2.05, 4.69) is 31.9 Å². The number of imide groups is 1. The molecular formula is C43H65N7O11. The van der Waals surface area contributed by atoms with E-state index >= 15 is 0 Å². The molecule has 0 bridgehead atoms. The molecule has 1 heterocycles. The number of hydrogen-bond acceptors (Lipinski definition) is 11. The van der Waals surface area contributed by atoms with E-state index in [0.717, 1.165) is 17.7 Å². The first-order chi connectivity index (χ1) is 27.6. The summed E-state index contributed by atoms with van der Waals surface area (Å²) in [5, 5.41) is 15.9. The van der Waals surface area contributed by atoms with Crippen molar-refractivity contribution in [3.8, 4) is 0 Å². The minimum Gasteiger partial charge on any atom is -0.350 e. The van der Waals surface area contributed by atoms with E-state index in [1.54, 1.807) is 32.9 Å². The highest BCUT2D eigenvalue weighted by Gasteiger charge is 2.50. The summed E-state index contributed by atoms with van der Waals surface area (Å²) < 4.78 is 0. The van der Waals surface area contributed by atoms with Crippen LogP contribution in [0.25, 0.3) is 0 Å². The Kier molecular flexibility index (Phi) is 14.4. The number of rotatable bonds is 15. The maximum Gasteiger partial charge on any atom is 0.347 e. The summed E-state index contributed by atoms with van der Waals surface area (Å²) in [6.07, 6.45) is 2.54. The summed E-state index contributed by atoms with van der Waals surface area (Å²) in [6, 6.07) is 5.62. The lowest BCUT2D eigenvalue weighted by atomic mass is 9.84. The molecular weight excluding hydrogens is 791 g/mol. The van der Waals surface area contributed by atoms with Crippen LogP contribution in [-0.4, -0.2) is 103 Å². The molecule has 2 atom stereocenters. The fourth-order valence-corrected chi connectivity index (χ4v) is 6.44. The van der Waals surface area contributed by atoms with Crippen LogP contribution in [0.5, 0.6) is 0 Å². The number of nitrogens with zero attached hydrogens (tertiary/aromatic N) is 1. The van der Waals surface area contributed by atoms with Crippen LogP contribution >= 0.6 is 0 Å². The van der Waals surface area contributed by atoms with Gasteiger partial charge in [-0.2, -0.15) is 4.89 Å². The third-order valence-corrected chi connectivity index (χ3v) is 10.6. The van der Waals surface area contributed by atoms with Crippen LogP contribution in [0.1, 0.15) is 150 Å². The smallest absolute Gasteiger partial charge is 0.347 e. The Bertz CT molecular complexity index is 1920. The van der Waals surface area contributed by atoms with E-state index in [4.69, 9.17) is 9.78 Å². The Morgan fingerprint density at radius 1 is 0.525 bits per heavy atom. The molecule has 18 heteroatoms. The fourth-order valence-electron chi connectivity index (χ4n) is 6.44. The van der Waals surface area contributed by atoms with E-state index in [1.165, 1.54) is 95.2 Å². The van der Waals surface area contributed by atoms with Crippen LogP contribution in [0.4, 0.5) is 0 Å². The summed E-state index contributed by atoms with van der Waals surface area (Å²) in [5.74, 6) is -6.98. The molecule has 0 saturated heterocycles. The van der Waals surface area contributed by atoms with Crippen molar-refractivity contribution >= 4 is 53.2 Å². The third kappa shape index (κ3) is 11.7. The summed E-state index contributed by atoms with van der Waals surface area (Å²) in [7, 11) is 0. The first-order valence-electron chi connectivity index (χ1n) is 20.4. The van der Waals surface area contributed by atoms with Gasteiger partial charge in [0.2, 0.25) is 35.4 Å². The molecule has 0 radical (unpaired) electrons. The van der Waals surface area contributed by atoms with Gasteiger partial charge in [-0.3, -0.25) is 48.1 Å². The lowest BCUT2D eigenvalue weighted by molar-refractivity contribution is -0.324. The highest BCUT2D eigenvalue weighted by Crippen LogP contribution is 2.31. The standard InChI is InChI=1S/C43H65N7O11/c1-37(2,3)61-60-30(53)26-22-18-19-23-27(26)44-31(54)38(4,5)45-32(55)39(6,7)46-33(56)40(8,9)47-34(57)41(10,11)48-35(58)42(12,13)49-36(59)43(14,15)50-28(51)24-20-16-17-21-25(24)29(50)52/h16-17,20-21,26-27H,18-19,22-23H2,1-15H3,(H,44,54)(H,45,55)(H,46,56)(H,47,57)(H,48,58)(H,49,59)/t26-,27-/m0/s1. The van der Waals surface area contributed by atoms with Gasteiger partial charge in [0.05, 0.1) is 17.0 Å². The predicted molar refractivity (Wildman–Crippen MR) is 223 cm³/mol. The van der Waals surface area contributed by atoms with Gasteiger partial charge in [0, 0.05) is 6.04 Å². The predicted octanol–water partition coefficient (Wildman–Crippen LogP) is 2.48. The summed E-state index contributed by atoms with van der Waals surface area (Å²) in [6.45, 7) is 22.1. The van der Waals surface area contributed by atoms with Gasteiger partial charge >= 0.3 is 5.97 Å². The van der Waals surface area contributed by atoms with Crippen molar-refractivity contribution in [3.05, 3.63) is 35.4 Å². The molecule has 0 aromatic heterocycles. The second-order valence-corrected chi connectivity index (χ2v) is 20.0. The van der Waals surface area contributed by atoms with Crippen LogP contribution < -0.4 is 31.9 Å². The Morgan fingerprint density at radius 3 is 1.25 bits per heavy atom. The number of carbonyl (C=O) groups excluding carboxylic acids is 9. The molecule has 1 fully saturated rings. The normalized spacial score (nSPS) is 17.7. The third-order valence-electron chi connectivity index (χ3n) is 10.6. The van der Waals surface area contributed by atoms with Crippen LogP contribution in [0.2, 0.25) is 0 Å². The molecule has 3 rings (SSSR count). The van der Waals surface area contributed by atoms with Crippen molar-refractivity contribution in [2.45, 2.75) is 174 Å². The molecule has 6 N–H and O–H groups in total. The van der Waals surface area contributed by atoms with E-state index in [-0.39, 0.29) is 11.1 Å². The van der Waals surface area contributed by atoms with Crippen molar-refractivity contribution in [1.29, 1.82) is 0 Å². The largest absolute Gasteiger partial charge is 0.350 e. The fraction of sp³-hybridized carbons (Fsp3) is 0.651. The molecule has 1 aromatic carbocycles. The van der Waals surface area contributed by atoms with Crippen molar-refractivity contribution < 1.29 is 52.9 Å². The van der Waals surface area contributed by atoms with E-state index in [0.29, 0.717) is 12.8 Å². The zero-order valence-corrected chi connectivity index (χ0v) is 38.2. The second kappa shape index (κ2) is 17.5. The quantitative estimate of drug-likeness (QED) is 0.0850. The zero-order valence-electron chi connectivity index (χ0n) is 38.2. The van der Waals surface area contributed by atoms with Crippen molar-refractivity contribution in [2.75, 3.05) is 0 Å². The molecule has 2 aliphatic rings. The SMILES string of the molecule is CC(C)(C)OOC(=O)[C@H]1CCCC[C@@H]1NC(=O)C(C)(C)NC(=O)C(C)(C)NC(=O)C(C)(C)NC(=O)C(C)(C)NC(=O)C(C)(C)NC(=O)C(C)(C)N1C(=O)c2ccccc2C1=O. The monoisotopic (exact) mass is 855 g/mol. The number of hydrogen-bond donors (Lipinski definition) is 6. The first kappa shape index (κ1) is 50.0. The Morgan fingerprint density at radius 2 is 0.869 bits per heavy atom. The highest BCUT2D eigenvalue weighted by molar-refractivity contribution is 6.23. The molecule has 1 aliphatic heterocycles. The molecule has 1 aliphatic carbocycles. The molecule has 1 saturated carbocycles. The summed E-state index contributed by atoms with van der Waals surface area (Å²) >= 11 is 0. The molecule has 8 amide bonds. The molecule has 61 heavy (non-hydrogen) atoms. The molecule has 0 unspecified atom stereocenters. The van der Waals surface area contributed by atoms with E-state index in [9.17, 15) is 43.2 Å². The van der Waals surface area contributed by atoms with Gasteiger partial charge in [0.15, 0.2) is 0 Å². The van der Waals surface area contributed by atoms with Gasteiger partial charge in [-0.15, -0.1) is 0 Å². The van der Waals surface area contributed by atoms with E-state index in [1.807, 2.05) is 0 Å². The van der Waals surface area contributed by atoms with Gasteiger partial charge in [-0.1, -0.05) is 25.0 Å². The van der Waals surface area contributed by atoms with Gasteiger partial charge < -0.3 is 31.9 Å². The lowest BCUT2D eigenvalue weighted by Crippen LogP contribution is -2.69. The Hall–Kier alpha value is -5.39. The Labute approximate surface area is 358 Å². The molecule has 338 valence electrons. The minimum absolute atomic E-state index is 0.156. The van der Waals surface area contributed by atoms with Crippen LogP contribution in [-0.2, 0) is 43.3 Å². The molecule has 0 spiro atoms. The second-order valence-electron chi connectivity index (χ2n) is 20.0. The topological polar surface area (TPSA) is 248 Å². The van der Waals surface area contributed by atoms with Crippen molar-refractivity contribution in [3.63, 3.8) is 0 Å². The summed E-state index contributed by atoms with van der Waals surface area (Å²) in [5.41, 5.74) is -10.2. The average Bonchev–Trinajstić information content (AvgIpc) is 3.38. The zero-order chi connectivity index (χ0) is 46.9. The Balaban J connectivity index is 1.61. The maximum absolute atomic E-state index is 13.6. The highest BCUT2D eigenvalue weighted by atomic mass is 17.2. The van der Waals surface area contributed by atoms with Crippen LogP contribution in [0.3, 0.4) is 0 Å². The number of carbonyl (C=O) groups is 9. The van der Waals surface area contributed by atoms with Crippen molar-refractivity contribution in [2.24, 2.45) is 5.92 Å². The van der Waals surface area contributed by atoms with Crippen LogP contribution in [0.15, 0.2) is 24.3 Å². The van der Waals surface area contributed by atoms with Crippen molar-refractivity contribution in [1.82, 2.24) is 36.8 Å². The number of benzene rings is 1. The number of amides is 8. The van der Waals surface area contributed by atoms with Crippen LogP contribution in [0, 0.1) is 5.92 Å². The maximum atomic E-state index is 13.6. The van der Waals surface area contributed by atoms with Gasteiger partial charge in [0.25, 0.3) is 11.8 Å². The minimum atomic E-state index is -1.71. The van der Waals surface area contributed by atoms with Gasteiger partial charge in [-0.25, -0.2) is 4.79 Å². The number of fused-ring (bicyclic) bond motifs is 1. The van der Waals surface area contributed by atoms with Gasteiger partial charge in [0.1, 0.15) is 38.8 Å².